The highest BCUT2D eigenvalue weighted by Gasteiger charge is 2.12. The molecule has 0 heterocycles. The molecule has 0 aliphatic rings. The highest BCUT2D eigenvalue weighted by atomic mass is 32.2. The van der Waals surface area contributed by atoms with Crippen LogP contribution in [0.15, 0.2) is 53.6 Å². The Balaban J connectivity index is 1.98. The van der Waals surface area contributed by atoms with Crippen molar-refractivity contribution in [3.63, 3.8) is 0 Å². The van der Waals surface area contributed by atoms with Gasteiger partial charge in [-0.2, -0.15) is 5.10 Å². The second kappa shape index (κ2) is 9.36. The Kier molecular flexibility index (Phi) is 7.17. The Labute approximate surface area is 166 Å². The minimum atomic E-state index is -3.34. The molecule has 0 aromatic heterocycles. The quantitative estimate of drug-likeness (QED) is 0.544. The van der Waals surface area contributed by atoms with Crippen LogP contribution in [-0.4, -0.2) is 46.9 Å². The summed E-state index contributed by atoms with van der Waals surface area (Å²) in [7, 11) is -1.88. The van der Waals surface area contributed by atoms with Crippen LogP contribution in [0.25, 0.3) is 0 Å². The van der Waals surface area contributed by atoms with E-state index in [1.165, 1.54) is 7.05 Å². The number of anilines is 2. The molecule has 2 aromatic carbocycles. The van der Waals surface area contributed by atoms with Crippen molar-refractivity contribution < 1.29 is 13.2 Å². The normalized spacial score (nSPS) is 11.4. The molecule has 0 fully saturated rings. The van der Waals surface area contributed by atoms with Gasteiger partial charge in [0.1, 0.15) is 0 Å². The first-order valence-corrected chi connectivity index (χ1v) is 10.8. The summed E-state index contributed by atoms with van der Waals surface area (Å²) in [5.74, 6) is -0.371. The lowest BCUT2D eigenvalue weighted by Gasteiger charge is -2.20. The molecule has 7 nitrogen and oxygen atoms in total. The van der Waals surface area contributed by atoms with E-state index >= 15 is 0 Å². The lowest BCUT2D eigenvalue weighted by Crippen LogP contribution is -2.25. The maximum Gasteiger partial charge on any atom is 0.271 e. The average Bonchev–Trinajstić information content (AvgIpc) is 2.69. The molecule has 150 valence electrons. The van der Waals surface area contributed by atoms with Crippen LogP contribution in [-0.2, 0) is 10.0 Å². The lowest BCUT2D eigenvalue weighted by molar-refractivity contribution is 0.0955. The van der Waals surface area contributed by atoms with Gasteiger partial charge in [-0.25, -0.2) is 13.8 Å². The number of carbonyl (C=O) groups excluding carboxylic acids is 1. The molecule has 0 bridgehead atoms. The first-order chi connectivity index (χ1) is 13.3. The van der Waals surface area contributed by atoms with Crippen molar-refractivity contribution in [2.24, 2.45) is 5.10 Å². The van der Waals surface area contributed by atoms with Gasteiger partial charge in [0, 0.05) is 31.4 Å². The summed E-state index contributed by atoms with van der Waals surface area (Å²) >= 11 is 0. The second-order valence-corrected chi connectivity index (χ2v) is 8.25. The van der Waals surface area contributed by atoms with Crippen molar-refractivity contribution in [1.29, 1.82) is 0 Å². The number of carbonyl (C=O) groups is 1. The summed E-state index contributed by atoms with van der Waals surface area (Å²) in [6.07, 6.45) is 2.70. The summed E-state index contributed by atoms with van der Waals surface area (Å²) in [4.78, 5) is 14.4. The third-order valence-corrected chi connectivity index (χ3v) is 5.60. The van der Waals surface area contributed by atoms with Crippen LogP contribution < -0.4 is 14.6 Å². The summed E-state index contributed by atoms with van der Waals surface area (Å²) in [6.45, 7) is 6.11. The predicted octanol–water partition coefficient (Wildman–Crippen LogP) is 2.69. The summed E-state index contributed by atoms with van der Waals surface area (Å²) in [5, 5.41) is 3.99. The van der Waals surface area contributed by atoms with E-state index in [0.29, 0.717) is 11.3 Å². The van der Waals surface area contributed by atoms with E-state index in [9.17, 15) is 13.2 Å². The van der Waals surface area contributed by atoms with Gasteiger partial charge in [0.25, 0.3) is 5.91 Å². The summed E-state index contributed by atoms with van der Waals surface area (Å²) in [5.41, 5.74) is 5.37. The fourth-order valence-electron chi connectivity index (χ4n) is 2.60. The first-order valence-electron chi connectivity index (χ1n) is 8.98. The second-order valence-electron chi connectivity index (χ2n) is 6.24. The molecule has 2 aromatic rings. The van der Waals surface area contributed by atoms with Crippen LogP contribution in [0.1, 0.15) is 29.8 Å². The SMILES string of the molecule is CCN(CC)c1ccc(/C=N\NC(=O)c2ccc(N(C)S(C)(=O)=O)cc2)cc1. The minimum absolute atomic E-state index is 0.371. The van der Waals surface area contributed by atoms with Crippen LogP contribution in [0.4, 0.5) is 11.4 Å². The predicted molar refractivity (Wildman–Crippen MR) is 115 cm³/mol. The Bertz CT molecular complexity index is 919. The highest BCUT2D eigenvalue weighted by molar-refractivity contribution is 7.92. The zero-order chi connectivity index (χ0) is 20.7. The molecule has 0 unspecified atom stereocenters. The number of nitrogens with one attached hydrogen (secondary N) is 1. The van der Waals surface area contributed by atoms with Gasteiger partial charge in [0.2, 0.25) is 10.0 Å². The van der Waals surface area contributed by atoms with Gasteiger partial charge in [-0.05, 0) is 55.8 Å². The van der Waals surface area contributed by atoms with Crippen molar-refractivity contribution in [1.82, 2.24) is 5.43 Å². The summed E-state index contributed by atoms with van der Waals surface area (Å²) < 4.78 is 24.2. The lowest BCUT2D eigenvalue weighted by atomic mass is 10.2. The number of hydrogen-bond donors (Lipinski definition) is 1. The van der Waals surface area contributed by atoms with Crippen LogP contribution in [0, 0.1) is 0 Å². The zero-order valence-corrected chi connectivity index (χ0v) is 17.4. The van der Waals surface area contributed by atoms with E-state index in [-0.39, 0.29) is 5.91 Å². The van der Waals surface area contributed by atoms with Crippen molar-refractivity contribution >= 4 is 33.5 Å². The minimum Gasteiger partial charge on any atom is -0.372 e. The number of nitrogens with zero attached hydrogens (tertiary/aromatic N) is 3. The van der Waals surface area contributed by atoms with Gasteiger partial charge >= 0.3 is 0 Å². The highest BCUT2D eigenvalue weighted by Crippen LogP contribution is 2.16. The monoisotopic (exact) mass is 402 g/mol. The fourth-order valence-corrected chi connectivity index (χ4v) is 3.11. The maximum atomic E-state index is 12.2. The Morgan fingerprint density at radius 3 is 2.04 bits per heavy atom. The summed E-state index contributed by atoms with van der Waals surface area (Å²) in [6, 6.07) is 14.2. The van der Waals surface area contributed by atoms with Crippen molar-refractivity contribution in [3.05, 3.63) is 59.7 Å². The average molecular weight is 403 g/mol. The standard InChI is InChI=1S/C20H26N4O3S/c1-5-24(6-2)19-11-7-16(8-12-19)15-21-22-20(25)17-9-13-18(14-10-17)23(3)28(4,26)27/h7-15H,5-6H2,1-4H3,(H,22,25)/b21-15-. The molecule has 0 aliphatic carbocycles. The van der Waals surface area contributed by atoms with Crippen LogP contribution in [0.3, 0.4) is 0 Å². The number of hydrogen-bond acceptors (Lipinski definition) is 5. The van der Waals surface area contributed by atoms with Gasteiger partial charge in [-0.1, -0.05) is 12.1 Å². The van der Waals surface area contributed by atoms with E-state index in [0.717, 1.165) is 34.9 Å². The van der Waals surface area contributed by atoms with Crippen LogP contribution >= 0.6 is 0 Å². The largest absolute Gasteiger partial charge is 0.372 e. The van der Waals surface area contributed by atoms with Gasteiger partial charge in [0.05, 0.1) is 18.2 Å². The van der Waals surface area contributed by atoms with Gasteiger partial charge in [0.15, 0.2) is 0 Å². The van der Waals surface area contributed by atoms with Crippen LogP contribution in [0.2, 0.25) is 0 Å². The number of sulfonamides is 1. The molecule has 0 saturated heterocycles. The zero-order valence-electron chi connectivity index (χ0n) is 16.6. The van der Waals surface area contributed by atoms with Crippen molar-refractivity contribution in [3.8, 4) is 0 Å². The smallest absolute Gasteiger partial charge is 0.271 e. The van der Waals surface area contributed by atoms with E-state index in [4.69, 9.17) is 0 Å². The Morgan fingerprint density at radius 1 is 1.00 bits per heavy atom. The molecule has 1 N–H and O–H groups in total. The molecule has 0 aliphatic heterocycles. The van der Waals surface area contributed by atoms with E-state index in [1.807, 2.05) is 24.3 Å². The van der Waals surface area contributed by atoms with E-state index in [2.05, 4.69) is 29.3 Å². The third-order valence-electron chi connectivity index (χ3n) is 4.39. The number of rotatable bonds is 8. The molecule has 1 amide bonds. The fraction of sp³-hybridized carbons (Fsp3) is 0.300. The topological polar surface area (TPSA) is 82.1 Å². The molecule has 8 heteroatoms. The Hall–Kier alpha value is -2.87. The Morgan fingerprint density at radius 2 is 1.54 bits per heavy atom. The maximum absolute atomic E-state index is 12.2. The molecule has 0 spiro atoms. The van der Waals surface area contributed by atoms with Crippen LogP contribution in [0.5, 0.6) is 0 Å². The van der Waals surface area contributed by atoms with E-state index < -0.39 is 10.0 Å². The van der Waals surface area contributed by atoms with Crippen molar-refractivity contribution in [2.45, 2.75) is 13.8 Å². The molecule has 0 radical (unpaired) electrons. The van der Waals surface area contributed by atoms with Gasteiger partial charge in [-0.3, -0.25) is 9.10 Å². The van der Waals surface area contributed by atoms with E-state index in [1.54, 1.807) is 30.5 Å². The number of hydrazone groups is 1. The van der Waals surface area contributed by atoms with Crippen molar-refractivity contribution in [2.75, 3.05) is 35.6 Å². The molecule has 0 atom stereocenters. The number of benzene rings is 2. The number of amides is 1. The molecule has 28 heavy (non-hydrogen) atoms. The molecular formula is C20H26N4O3S. The van der Waals surface area contributed by atoms with Gasteiger partial charge in [-0.15, -0.1) is 0 Å². The first kappa shape index (κ1) is 21.4. The molecular weight excluding hydrogens is 376 g/mol. The molecule has 2 rings (SSSR count). The third kappa shape index (κ3) is 5.56. The molecule has 0 saturated carbocycles. The van der Waals surface area contributed by atoms with Gasteiger partial charge < -0.3 is 4.90 Å².